The molecular weight excluding hydrogens is 488 g/mol. The number of rotatable bonds is 5. The quantitative estimate of drug-likeness (QED) is 0.519. The molecule has 4 fully saturated rings. The predicted octanol–water partition coefficient (Wildman–Crippen LogP) is 5.25. The highest BCUT2D eigenvalue weighted by molar-refractivity contribution is 5.94. The molecule has 4 saturated carbocycles. The standard InChI is InChI=1S/C33H50N2O4/c1-20(34(5)6)29-28(37)19-26-23-13-14-25-30(39-21(2)36)27(35(7)31(38)22-11-9-8-10-12-22)16-18-32(25,3)24(23)15-17-33(26,29)4/h8-12,20,23-30,37H,13-19H2,1-7H3. The Hall–Kier alpha value is -1.92. The minimum Gasteiger partial charge on any atom is -0.460 e. The third-order valence-electron chi connectivity index (χ3n) is 12.3. The Labute approximate surface area is 235 Å². The van der Waals surface area contributed by atoms with Gasteiger partial charge in [-0.3, -0.25) is 9.59 Å². The molecule has 0 heterocycles. The number of hydrogen-bond acceptors (Lipinski definition) is 5. The van der Waals surface area contributed by atoms with Crippen molar-refractivity contribution in [3.63, 3.8) is 0 Å². The normalized spacial score (nSPS) is 42.2. The summed E-state index contributed by atoms with van der Waals surface area (Å²) in [7, 11) is 6.15. The van der Waals surface area contributed by atoms with Gasteiger partial charge in [0.05, 0.1) is 12.1 Å². The molecule has 11 atom stereocenters. The van der Waals surface area contributed by atoms with Gasteiger partial charge in [0.25, 0.3) is 5.91 Å². The number of hydrogen-bond donors (Lipinski definition) is 1. The lowest BCUT2D eigenvalue weighted by Crippen LogP contribution is -2.62. The number of likely N-dealkylation sites (N-methyl/N-ethyl adjacent to an activating group) is 1. The number of carbonyl (C=O) groups is 2. The highest BCUT2D eigenvalue weighted by Crippen LogP contribution is 2.68. The lowest BCUT2D eigenvalue weighted by atomic mass is 9.44. The van der Waals surface area contributed by atoms with Gasteiger partial charge in [0, 0.05) is 37.4 Å². The number of nitrogens with zero attached hydrogens (tertiary/aromatic N) is 2. The lowest BCUT2D eigenvalue weighted by molar-refractivity contribution is -0.185. The summed E-state index contributed by atoms with van der Waals surface area (Å²) in [5, 5.41) is 11.4. The fourth-order valence-corrected chi connectivity index (χ4v) is 10.2. The minimum absolute atomic E-state index is 0.00975. The molecule has 0 saturated heterocycles. The van der Waals surface area contributed by atoms with Gasteiger partial charge >= 0.3 is 5.97 Å². The summed E-state index contributed by atoms with van der Waals surface area (Å²) in [6, 6.07) is 9.65. The molecule has 4 aliphatic carbocycles. The highest BCUT2D eigenvalue weighted by Gasteiger charge is 2.64. The van der Waals surface area contributed by atoms with Crippen LogP contribution in [0.2, 0.25) is 0 Å². The summed E-state index contributed by atoms with van der Waals surface area (Å²) >= 11 is 0. The van der Waals surface area contributed by atoms with Gasteiger partial charge in [0.2, 0.25) is 0 Å². The van der Waals surface area contributed by atoms with Gasteiger partial charge in [-0.1, -0.05) is 32.0 Å². The zero-order chi connectivity index (χ0) is 28.3. The highest BCUT2D eigenvalue weighted by atomic mass is 16.5. The number of aliphatic hydroxyl groups is 1. The molecule has 1 N–H and O–H groups in total. The zero-order valence-corrected chi connectivity index (χ0v) is 25.1. The van der Waals surface area contributed by atoms with Crippen molar-refractivity contribution in [1.29, 1.82) is 0 Å². The summed E-state index contributed by atoms with van der Waals surface area (Å²) in [6.45, 7) is 8.70. The minimum atomic E-state index is -0.288. The monoisotopic (exact) mass is 538 g/mol. The van der Waals surface area contributed by atoms with Crippen LogP contribution in [0.25, 0.3) is 0 Å². The third kappa shape index (κ3) is 4.64. The van der Waals surface area contributed by atoms with Crippen molar-refractivity contribution in [2.24, 2.45) is 40.4 Å². The molecule has 0 aliphatic heterocycles. The average molecular weight is 539 g/mol. The average Bonchev–Trinajstić information content (AvgIpc) is 3.17. The molecule has 39 heavy (non-hydrogen) atoms. The van der Waals surface area contributed by atoms with Crippen LogP contribution in [-0.2, 0) is 9.53 Å². The van der Waals surface area contributed by atoms with Crippen LogP contribution in [0, 0.1) is 40.4 Å². The van der Waals surface area contributed by atoms with Crippen LogP contribution in [0.3, 0.4) is 0 Å². The second-order valence-corrected chi connectivity index (χ2v) is 14.1. The maximum Gasteiger partial charge on any atom is 0.302 e. The van der Waals surface area contributed by atoms with Gasteiger partial charge in [0.1, 0.15) is 6.10 Å². The fourth-order valence-electron chi connectivity index (χ4n) is 10.2. The summed E-state index contributed by atoms with van der Waals surface area (Å²) in [4.78, 5) is 30.0. The van der Waals surface area contributed by atoms with E-state index >= 15 is 0 Å². The number of benzene rings is 1. The molecule has 0 bridgehead atoms. The molecule has 6 nitrogen and oxygen atoms in total. The number of amides is 1. The van der Waals surface area contributed by atoms with Crippen molar-refractivity contribution < 1.29 is 19.4 Å². The number of carbonyl (C=O) groups excluding carboxylic acids is 2. The first-order valence-electron chi connectivity index (χ1n) is 15.2. The molecule has 4 aliphatic rings. The first-order valence-corrected chi connectivity index (χ1v) is 15.2. The molecule has 6 heteroatoms. The van der Waals surface area contributed by atoms with E-state index in [1.54, 1.807) is 0 Å². The van der Waals surface area contributed by atoms with Gasteiger partial charge in [-0.25, -0.2) is 0 Å². The van der Waals surface area contributed by atoms with Crippen LogP contribution < -0.4 is 0 Å². The largest absolute Gasteiger partial charge is 0.460 e. The molecular formula is C33H50N2O4. The second-order valence-electron chi connectivity index (χ2n) is 14.1. The van der Waals surface area contributed by atoms with E-state index in [4.69, 9.17) is 4.74 Å². The van der Waals surface area contributed by atoms with E-state index in [2.05, 4.69) is 39.8 Å². The Morgan fingerprint density at radius 2 is 1.62 bits per heavy atom. The van der Waals surface area contributed by atoms with Gasteiger partial charge in [-0.2, -0.15) is 0 Å². The summed E-state index contributed by atoms with van der Waals surface area (Å²) in [6.07, 6.45) is 6.70. The maximum atomic E-state index is 13.4. The number of esters is 1. The Bertz CT molecular complexity index is 1060. The molecule has 0 spiro atoms. The third-order valence-corrected chi connectivity index (χ3v) is 12.3. The van der Waals surface area contributed by atoms with E-state index in [0.717, 1.165) is 38.5 Å². The lowest BCUT2D eigenvalue weighted by Gasteiger charge is -2.63. The van der Waals surface area contributed by atoms with Crippen LogP contribution in [0.5, 0.6) is 0 Å². The van der Waals surface area contributed by atoms with Gasteiger partial charge in [-0.05, 0) is 107 Å². The molecule has 1 aromatic rings. The molecule has 0 aromatic heterocycles. The van der Waals surface area contributed by atoms with E-state index < -0.39 is 0 Å². The van der Waals surface area contributed by atoms with Crippen LogP contribution in [0.15, 0.2) is 30.3 Å². The van der Waals surface area contributed by atoms with Crippen LogP contribution in [0.1, 0.15) is 83.0 Å². The first-order chi connectivity index (χ1) is 18.4. The molecule has 1 amide bonds. The SMILES string of the molecule is CC(=O)OC1C(N(C)C(=O)c2ccccc2)CCC2(C)C3CCC4(C)C(CC(O)C4C(C)N(C)C)C3CCC12. The van der Waals surface area contributed by atoms with E-state index in [0.29, 0.717) is 35.3 Å². The summed E-state index contributed by atoms with van der Waals surface area (Å²) < 4.78 is 6.15. The fraction of sp³-hybridized carbons (Fsp3) is 0.758. The van der Waals surface area contributed by atoms with Crippen LogP contribution in [0.4, 0.5) is 0 Å². The van der Waals surface area contributed by atoms with Crippen molar-refractivity contribution >= 4 is 11.9 Å². The number of ether oxygens (including phenoxy) is 1. The smallest absolute Gasteiger partial charge is 0.302 e. The van der Waals surface area contributed by atoms with Crippen molar-refractivity contribution in [2.75, 3.05) is 21.1 Å². The first kappa shape index (κ1) is 28.6. The molecule has 1 aromatic carbocycles. The molecule has 216 valence electrons. The molecule has 11 unspecified atom stereocenters. The van der Waals surface area contributed by atoms with Gasteiger partial charge in [0.15, 0.2) is 0 Å². The van der Waals surface area contributed by atoms with Crippen molar-refractivity contribution in [2.45, 2.75) is 96.9 Å². The summed E-state index contributed by atoms with van der Waals surface area (Å²) in [5.74, 6) is 1.95. The second kappa shape index (κ2) is 10.5. The Balaban J connectivity index is 1.41. The summed E-state index contributed by atoms with van der Waals surface area (Å²) in [5.41, 5.74) is 0.891. The molecule has 0 radical (unpaired) electrons. The van der Waals surface area contributed by atoms with E-state index in [9.17, 15) is 14.7 Å². The Kier molecular flexibility index (Phi) is 7.69. The topological polar surface area (TPSA) is 70.1 Å². The predicted molar refractivity (Wildman–Crippen MR) is 153 cm³/mol. The maximum absolute atomic E-state index is 13.4. The Morgan fingerprint density at radius 1 is 0.949 bits per heavy atom. The number of aliphatic hydroxyl groups excluding tert-OH is 1. The van der Waals surface area contributed by atoms with Crippen molar-refractivity contribution in [3.05, 3.63) is 35.9 Å². The van der Waals surface area contributed by atoms with E-state index in [1.165, 1.54) is 13.3 Å². The van der Waals surface area contributed by atoms with Gasteiger partial charge < -0.3 is 19.6 Å². The number of fused-ring (bicyclic) bond motifs is 5. The van der Waals surface area contributed by atoms with Crippen molar-refractivity contribution in [1.82, 2.24) is 9.80 Å². The Morgan fingerprint density at radius 3 is 2.26 bits per heavy atom. The van der Waals surface area contributed by atoms with E-state index in [1.807, 2.05) is 42.3 Å². The van der Waals surface area contributed by atoms with Crippen LogP contribution in [-0.4, -0.2) is 72.2 Å². The molecule has 5 rings (SSSR count). The van der Waals surface area contributed by atoms with E-state index in [-0.39, 0.29) is 46.9 Å². The zero-order valence-electron chi connectivity index (χ0n) is 25.1. The van der Waals surface area contributed by atoms with Crippen molar-refractivity contribution in [3.8, 4) is 0 Å². The van der Waals surface area contributed by atoms with Gasteiger partial charge in [-0.15, -0.1) is 0 Å². The van der Waals surface area contributed by atoms with Crippen LogP contribution >= 0.6 is 0 Å².